The van der Waals surface area contributed by atoms with Crippen LogP contribution in [0.3, 0.4) is 0 Å². The molecule has 0 amide bonds. The minimum absolute atomic E-state index is 0.0390. The summed E-state index contributed by atoms with van der Waals surface area (Å²) in [6, 6.07) is 0. The summed E-state index contributed by atoms with van der Waals surface area (Å²) in [5.41, 5.74) is -1.15. The molecule has 140 valence electrons. The Labute approximate surface area is 147 Å². The molecule has 1 fully saturated rings. The van der Waals surface area contributed by atoms with Crippen LogP contribution in [-0.2, 0) is 11.3 Å². The summed E-state index contributed by atoms with van der Waals surface area (Å²) >= 11 is 0. The summed E-state index contributed by atoms with van der Waals surface area (Å²) < 4.78 is 6.50. The third kappa shape index (κ3) is 5.82. The molecule has 1 aromatic heterocycles. The first kappa shape index (κ1) is 19.4. The Bertz CT molecular complexity index is 674. The highest BCUT2D eigenvalue weighted by Crippen LogP contribution is 2.10. The second-order valence-corrected chi connectivity index (χ2v) is 6.20. The molecule has 1 saturated heterocycles. The Morgan fingerprint density at radius 3 is 2.68 bits per heavy atom. The van der Waals surface area contributed by atoms with Gasteiger partial charge in [0.2, 0.25) is 5.88 Å². The number of nitrogens with one attached hydrogen (secondary N) is 1. The Morgan fingerprint density at radius 1 is 1.20 bits per heavy atom. The van der Waals surface area contributed by atoms with E-state index >= 15 is 0 Å². The highest BCUT2D eigenvalue weighted by atomic mass is 16.5. The third-order valence-electron chi connectivity index (χ3n) is 4.31. The molecular formula is C17H28N4O4. The van der Waals surface area contributed by atoms with E-state index < -0.39 is 11.2 Å². The predicted molar refractivity (Wildman–Crippen MR) is 96.8 cm³/mol. The van der Waals surface area contributed by atoms with Crippen LogP contribution in [-0.4, -0.2) is 65.2 Å². The number of rotatable bonds is 9. The molecule has 2 N–H and O–H groups in total. The van der Waals surface area contributed by atoms with Gasteiger partial charge < -0.3 is 9.84 Å². The maximum atomic E-state index is 11.9. The van der Waals surface area contributed by atoms with Gasteiger partial charge in [-0.25, -0.2) is 4.79 Å². The molecule has 25 heavy (non-hydrogen) atoms. The molecule has 0 unspecified atom stereocenters. The number of hydrogen-bond acceptors (Lipinski definition) is 6. The van der Waals surface area contributed by atoms with Crippen LogP contribution in [0.5, 0.6) is 5.88 Å². The summed E-state index contributed by atoms with van der Waals surface area (Å²) in [7, 11) is 0. The molecular weight excluding hydrogens is 324 g/mol. The Morgan fingerprint density at radius 2 is 1.96 bits per heavy atom. The summed E-state index contributed by atoms with van der Waals surface area (Å²) in [5.74, 6) is -0.305. The lowest BCUT2D eigenvalue weighted by Crippen LogP contribution is -2.37. The summed E-state index contributed by atoms with van der Waals surface area (Å²) in [6.45, 7) is 7.00. The first-order valence-corrected chi connectivity index (χ1v) is 8.99. The number of nitrogens with zero attached hydrogens (tertiary/aromatic N) is 3. The van der Waals surface area contributed by atoms with Gasteiger partial charge in [0.15, 0.2) is 0 Å². The molecule has 2 rings (SSSR count). The SMILES string of the molecule is CCCCCCn1c(O)c(C=NCCN2CCOCC2)c(=O)[nH]c1=O. The van der Waals surface area contributed by atoms with Gasteiger partial charge in [-0.1, -0.05) is 26.2 Å². The Hall–Kier alpha value is -1.93. The first-order chi connectivity index (χ1) is 12.1. The van der Waals surface area contributed by atoms with Crippen molar-refractivity contribution in [2.24, 2.45) is 4.99 Å². The minimum Gasteiger partial charge on any atom is -0.494 e. The van der Waals surface area contributed by atoms with Crippen LogP contribution < -0.4 is 11.2 Å². The lowest BCUT2D eigenvalue weighted by Gasteiger charge is -2.25. The van der Waals surface area contributed by atoms with Crippen molar-refractivity contribution in [2.75, 3.05) is 39.4 Å². The van der Waals surface area contributed by atoms with E-state index in [1.165, 1.54) is 10.8 Å². The lowest BCUT2D eigenvalue weighted by atomic mass is 10.2. The average molecular weight is 352 g/mol. The molecule has 0 bridgehead atoms. The Kier molecular flexibility index (Phi) is 7.87. The maximum absolute atomic E-state index is 11.9. The molecule has 0 radical (unpaired) electrons. The second-order valence-electron chi connectivity index (χ2n) is 6.20. The molecule has 8 heteroatoms. The largest absolute Gasteiger partial charge is 0.494 e. The zero-order valence-electron chi connectivity index (χ0n) is 14.9. The average Bonchev–Trinajstić information content (AvgIpc) is 2.61. The lowest BCUT2D eigenvalue weighted by molar-refractivity contribution is 0.0395. The van der Waals surface area contributed by atoms with E-state index in [1.54, 1.807) is 0 Å². The fourth-order valence-electron chi connectivity index (χ4n) is 2.78. The molecule has 8 nitrogen and oxygen atoms in total. The van der Waals surface area contributed by atoms with Gasteiger partial charge in [-0.15, -0.1) is 0 Å². The molecule has 1 aromatic rings. The van der Waals surface area contributed by atoms with E-state index in [0.717, 1.165) is 58.5 Å². The van der Waals surface area contributed by atoms with Crippen molar-refractivity contribution in [3.8, 4) is 5.88 Å². The van der Waals surface area contributed by atoms with Gasteiger partial charge in [-0.05, 0) is 6.42 Å². The van der Waals surface area contributed by atoms with E-state index in [9.17, 15) is 14.7 Å². The molecule has 2 heterocycles. The Balaban J connectivity index is 1.99. The van der Waals surface area contributed by atoms with E-state index in [-0.39, 0.29) is 11.4 Å². The van der Waals surface area contributed by atoms with Crippen molar-refractivity contribution < 1.29 is 9.84 Å². The topological polar surface area (TPSA) is 99.9 Å². The smallest absolute Gasteiger partial charge is 0.331 e. The van der Waals surface area contributed by atoms with Gasteiger partial charge in [0.1, 0.15) is 5.56 Å². The minimum atomic E-state index is -0.609. The number of ether oxygens (including phenoxy) is 1. The zero-order valence-corrected chi connectivity index (χ0v) is 14.9. The normalized spacial score (nSPS) is 15.9. The standard InChI is InChI=1S/C17H28N4O4/c1-2-3-4-5-7-21-16(23)14(15(22)19-17(21)24)13-18-6-8-20-9-11-25-12-10-20/h13,23H,2-12H2,1H3,(H,19,22,24). The van der Waals surface area contributed by atoms with Crippen molar-refractivity contribution in [1.29, 1.82) is 0 Å². The summed E-state index contributed by atoms with van der Waals surface area (Å²) in [6.07, 6.45) is 5.28. The molecule has 1 aliphatic heterocycles. The van der Waals surface area contributed by atoms with Crippen LogP contribution in [0.15, 0.2) is 14.6 Å². The van der Waals surface area contributed by atoms with Gasteiger partial charge in [0, 0.05) is 32.4 Å². The first-order valence-electron chi connectivity index (χ1n) is 8.99. The van der Waals surface area contributed by atoms with Crippen LogP contribution in [0.2, 0.25) is 0 Å². The molecule has 1 aliphatic rings. The number of aromatic nitrogens is 2. The van der Waals surface area contributed by atoms with Crippen molar-refractivity contribution in [2.45, 2.75) is 39.2 Å². The van der Waals surface area contributed by atoms with Crippen LogP contribution in [0.4, 0.5) is 0 Å². The number of H-pyrrole nitrogens is 1. The number of aromatic amines is 1. The number of aliphatic imine (C=N–C) groups is 1. The monoisotopic (exact) mass is 352 g/mol. The van der Waals surface area contributed by atoms with Crippen molar-refractivity contribution in [3.63, 3.8) is 0 Å². The van der Waals surface area contributed by atoms with Gasteiger partial charge >= 0.3 is 5.69 Å². The quantitative estimate of drug-likeness (QED) is 0.500. The highest BCUT2D eigenvalue weighted by Gasteiger charge is 2.12. The van der Waals surface area contributed by atoms with Crippen molar-refractivity contribution in [3.05, 3.63) is 26.4 Å². The number of hydrogen-bond donors (Lipinski definition) is 2. The zero-order chi connectivity index (χ0) is 18.1. The summed E-state index contributed by atoms with van der Waals surface area (Å²) in [5, 5.41) is 10.3. The fraction of sp³-hybridized carbons (Fsp3) is 0.706. The van der Waals surface area contributed by atoms with Crippen molar-refractivity contribution >= 4 is 6.21 Å². The predicted octanol–water partition coefficient (Wildman–Crippen LogP) is 0.574. The maximum Gasteiger partial charge on any atom is 0.331 e. The molecule has 0 saturated carbocycles. The fourth-order valence-corrected chi connectivity index (χ4v) is 2.78. The van der Waals surface area contributed by atoms with Crippen molar-refractivity contribution in [1.82, 2.24) is 14.5 Å². The van der Waals surface area contributed by atoms with Crippen LogP contribution in [0.25, 0.3) is 0 Å². The third-order valence-corrected chi connectivity index (χ3v) is 4.31. The van der Waals surface area contributed by atoms with E-state index in [1.807, 2.05) is 0 Å². The summed E-state index contributed by atoms with van der Waals surface area (Å²) in [4.78, 5) is 32.6. The van der Waals surface area contributed by atoms with E-state index in [4.69, 9.17) is 4.74 Å². The second kappa shape index (κ2) is 10.1. The number of unbranched alkanes of at least 4 members (excludes halogenated alkanes) is 3. The number of aromatic hydroxyl groups is 1. The molecule has 0 spiro atoms. The van der Waals surface area contributed by atoms with Gasteiger partial charge in [-0.2, -0.15) is 0 Å². The van der Waals surface area contributed by atoms with Crippen LogP contribution in [0, 0.1) is 0 Å². The van der Waals surface area contributed by atoms with Gasteiger partial charge in [0.05, 0.1) is 19.8 Å². The van der Waals surface area contributed by atoms with E-state index in [2.05, 4.69) is 21.8 Å². The van der Waals surface area contributed by atoms with Gasteiger partial charge in [-0.3, -0.25) is 24.2 Å². The molecule has 0 atom stereocenters. The highest BCUT2D eigenvalue weighted by molar-refractivity contribution is 5.81. The van der Waals surface area contributed by atoms with Crippen LogP contribution >= 0.6 is 0 Å². The molecule has 0 aliphatic carbocycles. The molecule has 0 aromatic carbocycles. The number of morpholine rings is 1. The van der Waals surface area contributed by atoms with Crippen LogP contribution in [0.1, 0.15) is 38.2 Å². The van der Waals surface area contributed by atoms with E-state index in [0.29, 0.717) is 13.1 Å². The van der Waals surface area contributed by atoms with Gasteiger partial charge in [0.25, 0.3) is 5.56 Å².